The molecule has 0 aliphatic carbocycles. The maximum atomic E-state index is 13.3. The second-order valence-electron chi connectivity index (χ2n) is 5.29. The number of urea groups is 1. The van der Waals surface area contributed by atoms with Crippen LogP contribution in [0, 0.1) is 11.7 Å². The number of likely N-dealkylation sites (tertiary alicyclic amines) is 1. The Morgan fingerprint density at radius 1 is 1.36 bits per heavy atom. The summed E-state index contributed by atoms with van der Waals surface area (Å²) >= 11 is 0. The summed E-state index contributed by atoms with van der Waals surface area (Å²) in [7, 11) is 0. The van der Waals surface area contributed by atoms with E-state index in [0.717, 1.165) is 12.5 Å². The van der Waals surface area contributed by atoms with Gasteiger partial charge in [0.25, 0.3) is 0 Å². The Labute approximate surface area is 124 Å². The minimum atomic E-state index is -4.69. The second-order valence-corrected chi connectivity index (χ2v) is 5.29. The van der Waals surface area contributed by atoms with Gasteiger partial charge in [-0.2, -0.15) is 13.2 Å². The van der Waals surface area contributed by atoms with Gasteiger partial charge in [0.2, 0.25) is 0 Å². The van der Waals surface area contributed by atoms with Crippen LogP contribution in [0.25, 0.3) is 0 Å². The molecule has 1 fully saturated rings. The van der Waals surface area contributed by atoms with Crippen LogP contribution in [0.15, 0.2) is 18.2 Å². The van der Waals surface area contributed by atoms with Crippen LogP contribution >= 0.6 is 0 Å². The Kier molecular flexibility index (Phi) is 4.90. The Balaban J connectivity index is 2.10. The van der Waals surface area contributed by atoms with Crippen molar-refractivity contribution in [2.75, 3.05) is 25.0 Å². The minimum absolute atomic E-state index is 0.0438. The standard InChI is InChI=1S/C14H16F4N2O2/c15-11-4-10(14(16,17)18)5-12(6-11)19-13(22)20-3-1-2-9(7-20)8-21/h4-6,9,21H,1-3,7-8H2,(H,19,22)/t9-/m0/s1. The second kappa shape index (κ2) is 6.51. The topological polar surface area (TPSA) is 52.6 Å². The van der Waals surface area contributed by atoms with Crippen LogP contribution < -0.4 is 5.32 Å². The number of hydrogen-bond acceptors (Lipinski definition) is 2. The predicted octanol–water partition coefficient (Wildman–Crippen LogP) is 3.08. The first-order valence-electron chi connectivity index (χ1n) is 6.84. The summed E-state index contributed by atoms with van der Waals surface area (Å²) in [6, 6.07) is 1.30. The first-order valence-corrected chi connectivity index (χ1v) is 6.84. The van der Waals surface area contributed by atoms with E-state index >= 15 is 0 Å². The number of nitrogens with one attached hydrogen (secondary N) is 1. The van der Waals surface area contributed by atoms with Crippen LogP contribution in [0.1, 0.15) is 18.4 Å². The zero-order valence-corrected chi connectivity index (χ0v) is 11.7. The van der Waals surface area contributed by atoms with E-state index in [1.54, 1.807) is 0 Å². The SMILES string of the molecule is O=C(Nc1cc(F)cc(C(F)(F)F)c1)N1CCC[C@H](CO)C1. The van der Waals surface area contributed by atoms with Gasteiger partial charge in [-0.1, -0.05) is 0 Å². The van der Waals surface area contributed by atoms with Crippen molar-refractivity contribution in [2.24, 2.45) is 5.92 Å². The molecular weight excluding hydrogens is 304 g/mol. The molecule has 1 atom stereocenters. The molecule has 22 heavy (non-hydrogen) atoms. The quantitative estimate of drug-likeness (QED) is 0.823. The third kappa shape index (κ3) is 4.09. The van der Waals surface area contributed by atoms with Crippen LogP contribution in [0.2, 0.25) is 0 Å². The van der Waals surface area contributed by atoms with Crippen LogP contribution in [0.5, 0.6) is 0 Å². The van der Waals surface area contributed by atoms with E-state index in [1.807, 2.05) is 0 Å². The molecule has 1 aromatic rings. The molecule has 0 spiro atoms. The molecule has 1 aliphatic rings. The van der Waals surface area contributed by atoms with Crippen molar-refractivity contribution in [3.05, 3.63) is 29.6 Å². The molecular formula is C14H16F4N2O2. The Hall–Kier alpha value is -1.83. The number of aliphatic hydroxyl groups is 1. The largest absolute Gasteiger partial charge is 0.416 e. The van der Waals surface area contributed by atoms with Crippen LogP contribution in [-0.4, -0.2) is 35.7 Å². The Morgan fingerprint density at radius 3 is 2.73 bits per heavy atom. The number of aliphatic hydroxyl groups excluding tert-OH is 1. The number of benzene rings is 1. The fourth-order valence-electron chi connectivity index (χ4n) is 2.43. The molecule has 2 amide bonds. The summed E-state index contributed by atoms with van der Waals surface area (Å²) in [5.41, 5.74) is -1.40. The van der Waals surface area contributed by atoms with Crippen molar-refractivity contribution in [1.29, 1.82) is 0 Å². The third-order valence-electron chi connectivity index (χ3n) is 3.54. The molecule has 0 unspecified atom stereocenters. The number of piperidine rings is 1. The molecule has 1 aromatic carbocycles. The van der Waals surface area contributed by atoms with Gasteiger partial charge >= 0.3 is 12.2 Å². The third-order valence-corrected chi connectivity index (χ3v) is 3.54. The molecule has 8 heteroatoms. The van der Waals surface area contributed by atoms with Gasteiger partial charge in [0.05, 0.1) is 5.56 Å². The van der Waals surface area contributed by atoms with Crippen LogP contribution in [0.3, 0.4) is 0 Å². The van der Waals surface area contributed by atoms with Crippen molar-refractivity contribution < 1.29 is 27.5 Å². The highest BCUT2D eigenvalue weighted by atomic mass is 19.4. The number of rotatable bonds is 2. The zero-order chi connectivity index (χ0) is 16.3. The van der Waals surface area contributed by atoms with E-state index < -0.39 is 23.6 Å². The number of carbonyl (C=O) groups is 1. The lowest BCUT2D eigenvalue weighted by Gasteiger charge is -2.31. The monoisotopic (exact) mass is 320 g/mol. The van der Waals surface area contributed by atoms with Crippen molar-refractivity contribution in [3.8, 4) is 0 Å². The number of halogens is 4. The normalized spacial score (nSPS) is 19.1. The van der Waals surface area contributed by atoms with E-state index in [2.05, 4.69) is 5.32 Å². The van der Waals surface area contributed by atoms with Gasteiger partial charge in [-0.3, -0.25) is 0 Å². The van der Waals surface area contributed by atoms with Crippen molar-refractivity contribution in [3.63, 3.8) is 0 Å². The molecule has 0 saturated carbocycles. The zero-order valence-electron chi connectivity index (χ0n) is 11.7. The predicted molar refractivity (Wildman–Crippen MR) is 71.8 cm³/mol. The summed E-state index contributed by atoms with van der Waals surface area (Å²) in [6.07, 6.45) is -3.19. The molecule has 2 N–H and O–H groups in total. The summed E-state index contributed by atoms with van der Waals surface area (Å²) in [5.74, 6) is -1.12. The Morgan fingerprint density at radius 2 is 2.09 bits per heavy atom. The van der Waals surface area contributed by atoms with Gasteiger partial charge in [0.1, 0.15) is 5.82 Å². The van der Waals surface area contributed by atoms with Crippen molar-refractivity contribution >= 4 is 11.7 Å². The van der Waals surface area contributed by atoms with Gasteiger partial charge in [-0.05, 0) is 37.0 Å². The maximum Gasteiger partial charge on any atom is 0.416 e. The van der Waals surface area contributed by atoms with Crippen molar-refractivity contribution in [2.45, 2.75) is 19.0 Å². The summed E-state index contributed by atoms with van der Waals surface area (Å²) in [6.45, 7) is 0.718. The highest BCUT2D eigenvalue weighted by molar-refractivity contribution is 5.89. The van der Waals surface area contributed by atoms with Gasteiger partial charge in [0, 0.05) is 25.4 Å². The lowest BCUT2D eigenvalue weighted by Crippen LogP contribution is -2.43. The van der Waals surface area contributed by atoms with Gasteiger partial charge < -0.3 is 15.3 Å². The summed E-state index contributed by atoms with van der Waals surface area (Å²) in [4.78, 5) is 13.4. The van der Waals surface area contributed by atoms with E-state index in [1.165, 1.54) is 4.90 Å². The molecule has 1 heterocycles. The number of hydrogen-bond donors (Lipinski definition) is 2. The molecule has 0 bridgehead atoms. The fraction of sp³-hybridized carbons (Fsp3) is 0.500. The molecule has 1 saturated heterocycles. The summed E-state index contributed by atoms with van der Waals surface area (Å²) in [5, 5.41) is 11.4. The molecule has 122 valence electrons. The molecule has 1 aliphatic heterocycles. The van der Waals surface area contributed by atoms with Gasteiger partial charge in [-0.15, -0.1) is 0 Å². The van der Waals surface area contributed by atoms with E-state index in [9.17, 15) is 22.4 Å². The number of anilines is 1. The lowest BCUT2D eigenvalue weighted by atomic mass is 9.99. The first-order chi connectivity index (χ1) is 10.3. The van der Waals surface area contributed by atoms with E-state index in [-0.39, 0.29) is 18.2 Å². The fourth-order valence-corrected chi connectivity index (χ4v) is 2.43. The van der Waals surface area contributed by atoms with Gasteiger partial charge in [-0.25, -0.2) is 9.18 Å². The van der Waals surface area contributed by atoms with Crippen LogP contribution in [0.4, 0.5) is 28.0 Å². The maximum absolute atomic E-state index is 13.3. The summed E-state index contributed by atoms with van der Waals surface area (Å²) < 4.78 is 51.1. The minimum Gasteiger partial charge on any atom is -0.396 e. The van der Waals surface area contributed by atoms with Gasteiger partial charge in [0.15, 0.2) is 0 Å². The number of carbonyl (C=O) groups excluding carboxylic acids is 1. The molecule has 0 radical (unpaired) electrons. The van der Waals surface area contributed by atoms with Crippen LogP contribution in [-0.2, 0) is 6.18 Å². The lowest BCUT2D eigenvalue weighted by molar-refractivity contribution is -0.137. The average molecular weight is 320 g/mol. The van der Waals surface area contributed by atoms with E-state index in [0.29, 0.717) is 31.6 Å². The average Bonchev–Trinajstić information content (AvgIpc) is 2.45. The Bertz CT molecular complexity index is 548. The molecule has 4 nitrogen and oxygen atoms in total. The van der Waals surface area contributed by atoms with Crippen molar-refractivity contribution in [1.82, 2.24) is 4.90 Å². The highest BCUT2D eigenvalue weighted by Crippen LogP contribution is 2.31. The number of nitrogens with zero attached hydrogens (tertiary/aromatic N) is 1. The molecule has 0 aromatic heterocycles. The highest BCUT2D eigenvalue weighted by Gasteiger charge is 2.32. The first kappa shape index (κ1) is 16.5. The number of amides is 2. The van der Waals surface area contributed by atoms with E-state index in [4.69, 9.17) is 5.11 Å². The molecule has 2 rings (SSSR count). The smallest absolute Gasteiger partial charge is 0.396 e. The number of alkyl halides is 3.